The van der Waals surface area contributed by atoms with E-state index < -0.39 is 0 Å². The first kappa shape index (κ1) is 17.0. The summed E-state index contributed by atoms with van der Waals surface area (Å²) in [7, 11) is 0. The van der Waals surface area contributed by atoms with Gasteiger partial charge in [0, 0.05) is 23.4 Å². The van der Waals surface area contributed by atoms with Crippen LogP contribution in [-0.4, -0.2) is 34.1 Å². The van der Waals surface area contributed by atoms with Gasteiger partial charge in [-0.1, -0.05) is 24.3 Å². The van der Waals surface area contributed by atoms with Crippen molar-refractivity contribution in [2.45, 2.75) is 26.0 Å². The molecule has 2 aliphatic heterocycles. The lowest BCUT2D eigenvalue weighted by molar-refractivity contribution is 0.102. The predicted octanol–water partition coefficient (Wildman–Crippen LogP) is 3.82. The number of aromatic amines is 1. The molecule has 142 valence electrons. The maximum Gasteiger partial charge on any atom is 0.274 e. The zero-order valence-electron chi connectivity index (χ0n) is 15.6. The van der Waals surface area contributed by atoms with Gasteiger partial charge in [0.25, 0.3) is 5.91 Å². The van der Waals surface area contributed by atoms with Crippen molar-refractivity contribution in [3.63, 3.8) is 0 Å². The number of carbonyl (C=O) groups excluding carboxylic acids is 1. The SMILES string of the molecule is O=C(Nc1cccc(CN2CCCC2)c1)c1[nH]nc2c1COc1ccccc1-2. The van der Waals surface area contributed by atoms with Gasteiger partial charge in [0.15, 0.2) is 0 Å². The van der Waals surface area contributed by atoms with Gasteiger partial charge in [-0.2, -0.15) is 5.10 Å². The third-order valence-corrected chi connectivity index (χ3v) is 5.40. The van der Waals surface area contributed by atoms with Gasteiger partial charge in [0.2, 0.25) is 0 Å². The van der Waals surface area contributed by atoms with Crippen LogP contribution in [0.15, 0.2) is 48.5 Å². The van der Waals surface area contributed by atoms with Crippen LogP contribution in [0.2, 0.25) is 0 Å². The number of hydrogen-bond donors (Lipinski definition) is 2. The number of para-hydroxylation sites is 1. The smallest absolute Gasteiger partial charge is 0.274 e. The number of likely N-dealkylation sites (tertiary alicyclic amines) is 1. The molecule has 3 heterocycles. The van der Waals surface area contributed by atoms with Gasteiger partial charge in [0.1, 0.15) is 23.7 Å². The number of anilines is 1. The number of H-pyrrole nitrogens is 1. The molecule has 0 spiro atoms. The Kier molecular flexibility index (Phi) is 4.33. The zero-order valence-corrected chi connectivity index (χ0v) is 15.6. The standard InChI is InChI=1S/C22H22N4O2/c27-22(23-16-7-5-6-15(12-16)13-26-10-3-4-11-26)21-18-14-28-19-9-2-1-8-17(19)20(18)24-25-21/h1-2,5-9,12H,3-4,10-11,13-14H2,(H,23,27)(H,24,25). The van der Waals surface area contributed by atoms with Gasteiger partial charge < -0.3 is 10.1 Å². The molecule has 1 saturated heterocycles. The Labute approximate surface area is 163 Å². The lowest BCUT2D eigenvalue weighted by Crippen LogP contribution is -2.19. The Morgan fingerprint density at radius 1 is 1.14 bits per heavy atom. The number of fused-ring (bicyclic) bond motifs is 3. The average Bonchev–Trinajstić information content (AvgIpc) is 3.38. The number of amides is 1. The molecule has 1 amide bonds. The van der Waals surface area contributed by atoms with Gasteiger partial charge in [-0.05, 0) is 55.8 Å². The maximum absolute atomic E-state index is 12.9. The molecule has 0 bridgehead atoms. The van der Waals surface area contributed by atoms with Crippen LogP contribution in [0.3, 0.4) is 0 Å². The molecule has 6 nitrogen and oxygen atoms in total. The van der Waals surface area contributed by atoms with Crippen LogP contribution in [0.1, 0.15) is 34.5 Å². The number of ether oxygens (including phenoxy) is 1. The molecule has 0 saturated carbocycles. The van der Waals surface area contributed by atoms with Crippen molar-refractivity contribution < 1.29 is 9.53 Å². The van der Waals surface area contributed by atoms with Crippen molar-refractivity contribution in [2.75, 3.05) is 18.4 Å². The second kappa shape index (κ2) is 7.13. The first-order valence-corrected chi connectivity index (χ1v) is 9.70. The number of benzene rings is 2. The number of carbonyl (C=O) groups is 1. The summed E-state index contributed by atoms with van der Waals surface area (Å²) in [5.74, 6) is 0.595. The molecule has 0 radical (unpaired) electrons. The van der Waals surface area contributed by atoms with Crippen molar-refractivity contribution in [3.05, 3.63) is 65.4 Å². The number of nitrogens with zero attached hydrogens (tertiary/aromatic N) is 2. The highest BCUT2D eigenvalue weighted by molar-refractivity contribution is 6.05. The molecule has 5 rings (SSSR count). The summed E-state index contributed by atoms with van der Waals surface area (Å²) in [6, 6.07) is 15.8. The molecule has 28 heavy (non-hydrogen) atoms. The minimum atomic E-state index is -0.199. The normalized spacial score (nSPS) is 15.6. The molecular weight excluding hydrogens is 352 g/mol. The lowest BCUT2D eigenvalue weighted by atomic mass is 10.0. The Morgan fingerprint density at radius 2 is 2.00 bits per heavy atom. The highest BCUT2D eigenvalue weighted by Crippen LogP contribution is 2.37. The van der Waals surface area contributed by atoms with Crippen molar-refractivity contribution >= 4 is 11.6 Å². The van der Waals surface area contributed by atoms with Gasteiger partial charge >= 0.3 is 0 Å². The summed E-state index contributed by atoms with van der Waals surface area (Å²) in [5.41, 5.74) is 4.95. The van der Waals surface area contributed by atoms with E-state index in [1.54, 1.807) is 0 Å². The number of aromatic nitrogens is 2. The van der Waals surface area contributed by atoms with E-state index in [-0.39, 0.29) is 5.91 Å². The Bertz CT molecular complexity index is 1020. The monoisotopic (exact) mass is 374 g/mol. The summed E-state index contributed by atoms with van der Waals surface area (Å²) in [4.78, 5) is 15.3. The van der Waals surface area contributed by atoms with E-state index in [4.69, 9.17) is 4.74 Å². The van der Waals surface area contributed by atoms with Crippen molar-refractivity contribution in [1.82, 2.24) is 15.1 Å². The third kappa shape index (κ3) is 3.16. The van der Waals surface area contributed by atoms with Gasteiger partial charge in [-0.3, -0.25) is 14.8 Å². The molecule has 2 aromatic carbocycles. The quantitative estimate of drug-likeness (QED) is 0.728. The largest absolute Gasteiger partial charge is 0.488 e. The van der Waals surface area contributed by atoms with Crippen LogP contribution in [-0.2, 0) is 13.2 Å². The molecule has 0 aliphatic carbocycles. The molecular formula is C22H22N4O2. The van der Waals surface area contributed by atoms with Crippen molar-refractivity contribution in [3.8, 4) is 17.0 Å². The Balaban J connectivity index is 1.35. The first-order chi connectivity index (χ1) is 13.8. The third-order valence-electron chi connectivity index (χ3n) is 5.40. The number of hydrogen-bond acceptors (Lipinski definition) is 4. The molecule has 2 N–H and O–H groups in total. The summed E-state index contributed by atoms with van der Waals surface area (Å²) < 4.78 is 5.80. The molecule has 0 unspecified atom stereocenters. The summed E-state index contributed by atoms with van der Waals surface area (Å²) >= 11 is 0. The van der Waals surface area contributed by atoms with Gasteiger partial charge in [-0.15, -0.1) is 0 Å². The fraction of sp³-hybridized carbons (Fsp3) is 0.273. The van der Waals surface area contributed by atoms with Gasteiger partial charge in [-0.25, -0.2) is 0 Å². The molecule has 2 aliphatic rings. The van der Waals surface area contributed by atoms with Crippen LogP contribution in [0, 0.1) is 0 Å². The summed E-state index contributed by atoms with van der Waals surface area (Å²) in [6.07, 6.45) is 2.54. The van der Waals surface area contributed by atoms with Crippen molar-refractivity contribution in [1.29, 1.82) is 0 Å². The second-order valence-corrected chi connectivity index (χ2v) is 7.35. The number of nitrogens with one attached hydrogen (secondary N) is 2. The summed E-state index contributed by atoms with van der Waals surface area (Å²) in [6.45, 7) is 3.56. The molecule has 6 heteroatoms. The molecule has 0 atom stereocenters. The van der Waals surface area contributed by atoms with Gasteiger partial charge in [0.05, 0.1) is 0 Å². The van der Waals surface area contributed by atoms with Crippen LogP contribution in [0.25, 0.3) is 11.3 Å². The highest BCUT2D eigenvalue weighted by Gasteiger charge is 2.26. The molecule has 1 aromatic heterocycles. The Morgan fingerprint density at radius 3 is 2.89 bits per heavy atom. The van der Waals surface area contributed by atoms with Crippen molar-refractivity contribution in [2.24, 2.45) is 0 Å². The van der Waals surface area contributed by atoms with Crippen LogP contribution in [0.5, 0.6) is 5.75 Å². The highest BCUT2D eigenvalue weighted by atomic mass is 16.5. The average molecular weight is 374 g/mol. The fourth-order valence-corrected chi connectivity index (χ4v) is 3.99. The summed E-state index contributed by atoms with van der Waals surface area (Å²) in [5, 5.41) is 10.3. The van der Waals surface area contributed by atoms with E-state index in [0.29, 0.717) is 12.3 Å². The van der Waals surface area contributed by atoms with E-state index in [1.807, 2.05) is 42.5 Å². The Hall–Kier alpha value is -3.12. The fourth-order valence-electron chi connectivity index (χ4n) is 3.99. The second-order valence-electron chi connectivity index (χ2n) is 7.35. The van der Waals surface area contributed by atoms with Crippen LogP contribution in [0.4, 0.5) is 5.69 Å². The minimum absolute atomic E-state index is 0.199. The van der Waals surface area contributed by atoms with E-state index in [1.165, 1.54) is 18.4 Å². The number of rotatable bonds is 4. The maximum atomic E-state index is 12.9. The van der Waals surface area contributed by atoms with Crippen LogP contribution < -0.4 is 10.1 Å². The van der Waals surface area contributed by atoms with Crippen LogP contribution >= 0.6 is 0 Å². The topological polar surface area (TPSA) is 70.2 Å². The van der Waals surface area contributed by atoms with E-state index in [2.05, 4.69) is 26.5 Å². The minimum Gasteiger partial charge on any atom is -0.488 e. The molecule has 3 aromatic rings. The lowest BCUT2D eigenvalue weighted by Gasteiger charge is -2.17. The van der Waals surface area contributed by atoms with E-state index in [9.17, 15) is 4.79 Å². The van der Waals surface area contributed by atoms with E-state index >= 15 is 0 Å². The first-order valence-electron chi connectivity index (χ1n) is 9.70. The van der Waals surface area contributed by atoms with E-state index in [0.717, 1.165) is 47.9 Å². The predicted molar refractivity (Wildman–Crippen MR) is 107 cm³/mol. The molecule has 1 fully saturated rings. The zero-order chi connectivity index (χ0) is 18.9.